The second kappa shape index (κ2) is 6.09. The van der Waals surface area contributed by atoms with Gasteiger partial charge in [-0.2, -0.15) is 0 Å². The van der Waals surface area contributed by atoms with Gasteiger partial charge in [0.05, 0.1) is 18.8 Å². The molecule has 19 heavy (non-hydrogen) atoms. The molecular weight excluding hydrogens is 244 g/mol. The van der Waals surface area contributed by atoms with Gasteiger partial charge in [-0.1, -0.05) is 0 Å². The van der Waals surface area contributed by atoms with Crippen LogP contribution in [0.2, 0.25) is 0 Å². The van der Waals surface area contributed by atoms with E-state index in [0.717, 1.165) is 32.5 Å². The summed E-state index contributed by atoms with van der Waals surface area (Å²) in [4.78, 5) is 13.7. The second-order valence-electron chi connectivity index (χ2n) is 6.44. The number of amides is 1. The first-order valence-corrected chi connectivity index (χ1v) is 7.28. The Labute approximate surface area is 115 Å². The molecule has 2 aliphatic heterocycles. The molecule has 0 saturated carbocycles. The summed E-state index contributed by atoms with van der Waals surface area (Å²) >= 11 is 0. The van der Waals surface area contributed by atoms with Gasteiger partial charge >= 0.3 is 6.09 Å². The van der Waals surface area contributed by atoms with Crippen LogP contribution in [0.3, 0.4) is 0 Å². The molecule has 0 spiro atoms. The lowest BCUT2D eigenvalue weighted by atomic mass is 10.1. The van der Waals surface area contributed by atoms with Crippen LogP contribution in [-0.2, 0) is 9.47 Å². The van der Waals surface area contributed by atoms with E-state index in [-0.39, 0.29) is 12.2 Å². The Morgan fingerprint density at radius 3 is 2.68 bits per heavy atom. The second-order valence-corrected chi connectivity index (χ2v) is 6.44. The van der Waals surface area contributed by atoms with Crippen LogP contribution in [0.1, 0.15) is 40.0 Å². The number of hydrogen-bond acceptors (Lipinski definition) is 4. The number of rotatable bonds is 2. The van der Waals surface area contributed by atoms with Crippen molar-refractivity contribution in [2.45, 2.75) is 57.8 Å². The molecule has 1 N–H and O–H groups in total. The number of nitrogens with one attached hydrogen (secondary N) is 1. The van der Waals surface area contributed by atoms with Crippen molar-refractivity contribution in [3.05, 3.63) is 0 Å². The van der Waals surface area contributed by atoms with Gasteiger partial charge in [-0.3, -0.25) is 0 Å². The maximum absolute atomic E-state index is 11.9. The lowest BCUT2D eigenvalue weighted by Gasteiger charge is -2.27. The van der Waals surface area contributed by atoms with Crippen molar-refractivity contribution in [2.24, 2.45) is 0 Å². The van der Waals surface area contributed by atoms with Crippen molar-refractivity contribution in [3.8, 4) is 0 Å². The zero-order valence-electron chi connectivity index (χ0n) is 12.3. The van der Waals surface area contributed by atoms with E-state index in [4.69, 9.17) is 9.47 Å². The fourth-order valence-electron chi connectivity index (χ4n) is 2.54. The molecule has 1 amide bonds. The number of piperidine rings is 1. The van der Waals surface area contributed by atoms with Gasteiger partial charge < -0.3 is 19.7 Å². The molecule has 1 unspecified atom stereocenters. The molecule has 2 saturated heterocycles. The maximum Gasteiger partial charge on any atom is 0.410 e. The topological polar surface area (TPSA) is 50.8 Å². The van der Waals surface area contributed by atoms with Crippen molar-refractivity contribution in [2.75, 3.05) is 26.2 Å². The van der Waals surface area contributed by atoms with E-state index >= 15 is 0 Å². The van der Waals surface area contributed by atoms with Gasteiger partial charge in [0, 0.05) is 13.1 Å². The average molecular weight is 270 g/mol. The SMILES string of the molecule is CC(C)(C)OC(=O)N1CC[C@H](OC2CCCNC2)C1. The van der Waals surface area contributed by atoms with Gasteiger partial charge in [-0.05, 0) is 46.6 Å². The number of likely N-dealkylation sites (tertiary alicyclic amines) is 1. The van der Waals surface area contributed by atoms with Crippen LogP contribution in [0.15, 0.2) is 0 Å². The van der Waals surface area contributed by atoms with E-state index in [2.05, 4.69) is 5.32 Å². The van der Waals surface area contributed by atoms with Crippen molar-refractivity contribution in [3.63, 3.8) is 0 Å². The standard InChI is InChI=1S/C14H26N2O3/c1-14(2,3)19-13(17)16-8-6-12(10-16)18-11-5-4-7-15-9-11/h11-12,15H,4-10H2,1-3H3/t11?,12-/m0/s1. The maximum atomic E-state index is 11.9. The van der Waals surface area contributed by atoms with E-state index in [0.29, 0.717) is 12.6 Å². The first-order valence-electron chi connectivity index (χ1n) is 7.28. The summed E-state index contributed by atoms with van der Waals surface area (Å²) in [6.45, 7) is 9.09. The summed E-state index contributed by atoms with van der Waals surface area (Å²) < 4.78 is 11.4. The number of hydrogen-bond donors (Lipinski definition) is 1. The molecule has 2 fully saturated rings. The summed E-state index contributed by atoms with van der Waals surface area (Å²) in [7, 11) is 0. The molecule has 0 aromatic carbocycles. The zero-order valence-corrected chi connectivity index (χ0v) is 12.3. The van der Waals surface area contributed by atoms with Crippen LogP contribution in [-0.4, -0.2) is 55.0 Å². The van der Waals surface area contributed by atoms with Crippen LogP contribution in [0.5, 0.6) is 0 Å². The number of carbonyl (C=O) groups excluding carboxylic acids is 1. The predicted octanol–water partition coefficient (Wildman–Crippen LogP) is 1.76. The summed E-state index contributed by atoms with van der Waals surface area (Å²) in [6.07, 6.45) is 3.45. The van der Waals surface area contributed by atoms with Gasteiger partial charge in [0.25, 0.3) is 0 Å². The average Bonchev–Trinajstić information content (AvgIpc) is 2.77. The summed E-state index contributed by atoms with van der Waals surface area (Å²) in [6, 6.07) is 0. The minimum Gasteiger partial charge on any atom is -0.444 e. The highest BCUT2D eigenvalue weighted by atomic mass is 16.6. The van der Waals surface area contributed by atoms with E-state index < -0.39 is 5.60 Å². The van der Waals surface area contributed by atoms with Crippen LogP contribution in [0, 0.1) is 0 Å². The Kier molecular flexibility index (Phi) is 4.68. The molecule has 110 valence electrons. The molecule has 0 aromatic heterocycles. The minimum atomic E-state index is -0.427. The largest absolute Gasteiger partial charge is 0.444 e. The number of carbonyl (C=O) groups is 1. The van der Waals surface area contributed by atoms with Gasteiger partial charge in [-0.25, -0.2) is 4.79 Å². The van der Waals surface area contributed by atoms with E-state index in [1.165, 1.54) is 6.42 Å². The van der Waals surface area contributed by atoms with Gasteiger partial charge in [0.15, 0.2) is 0 Å². The van der Waals surface area contributed by atoms with E-state index in [1.54, 1.807) is 4.90 Å². The smallest absolute Gasteiger partial charge is 0.410 e. The highest BCUT2D eigenvalue weighted by Crippen LogP contribution is 2.19. The fraction of sp³-hybridized carbons (Fsp3) is 0.929. The summed E-state index contributed by atoms with van der Waals surface area (Å²) in [5.41, 5.74) is -0.427. The third-order valence-electron chi connectivity index (χ3n) is 3.43. The fourth-order valence-corrected chi connectivity index (χ4v) is 2.54. The first kappa shape index (κ1) is 14.6. The van der Waals surface area contributed by atoms with Gasteiger partial charge in [-0.15, -0.1) is 0 Å². The first-order chi connectivity index (χ1) is 8.94. The Morgan fingerprint density at radius 1 is 1.26 bits per heavy atom. The number of ether oxygens (including phenoxy) is 2. The molecular formula is C14H26N2O3. The molecule has 0 bridgehead atoms. The Hall–Kier alpha value is -0.810. The lowest BCUT2D eigenvalue weighted by Crippen LogP contribution is -2.39. The molecule has 2 aliphatic rings. The normalized spacial score (nSPS) is 28.5. The van der Waals surface area contributed by atoms with Crippen molar-refractivity contribution < 1.29 is 14.3 Å². The van der Waals surface area contributed by atoms with Crippen LogP contribution in [0.4, 0.5) is 4.79 Å². The molecule has 0 aliphatic carbocycles. The predicted molar refractivity (Wildman–Crippen MR) is 73.2 cm³/mol. The monoisotopic (exact) mass is 270 g/mol. The highest BCUT2D eigenvalue weighted by molar-refractivity contribution is 5.68. The molecule has 0 radical (unpaired) electrons. The highest BCUT2D eigenvalue weighted by Gasteiger charge is 2.31. The van der Waals surface area contributed by atoms with Crippen LogP contribution >= 0.6 is 0 Å². The Balaban J connectivity index is 1.74. The third-order valence-corrected chi connectivity index (χ3v) is 3.43. The molecule has 2 heterocycles. The Bertz CT molecular complexity index is 308. The Morgan fingerprint density at radius 2 is 2.05 bits per heavy atom. The summed E-state index contributed by atoms with van der Waals surface area (Å²) in [5.74, 6) is 0. The van der Waals surface area contributed by atoms with Crippen LogP contribution < -0.4 is 5.32 Å². The van der Waals surface area contributed by atoms with E-state index in [9.17, 15) is 4.79 Å². The zero-order chi connectivity index (χ0) is 13.9. The number of nitrogens with zero attached hydrogens (tertiary/aromatic N) is 1. The molecule has 2 rings (SSSR count). The quantitative estimate of drug-likeness (QED) is 0.831. The van der Waals surface area contributed by atoms with Crippen LogP contribution in [0.25, 0.3) is 0 Å². The molecule has 0 aromatic rings. The summed E-state index contributed by atoms with van der Waals surface area (Å²) in [5, 5.41) is 3.34. The van der Waals surface area contributed by atoms with Gasteiger partial charge in [0.1, 0.15) is 5.60 Å². The third kappa shape index (κ3) is 4.66. The van der Waals surface area contributed by atoms with Crippen molar-refractivity contribution in [1.29, 1.82) is 0 Å². The minimum absolute atomic E-state index is 0.164. The van der Waals surface area contributed by atoms with Crippen molar-refractivity contribution in [1.82, 2.24) is 10.2 Å². The molecule has 2 atom stereocenters. The van der Waals surface area contributed by atoms with Crippen molar-refractivity contribution >= 4 is 6.09 Å². The molecule has 5 heteroatoms. The lowest BCUT2D eigenvalue weighted by molar-refractivity contribution is -0.0202. The van der Waals surface area contributed by atoms with Gasteiger partial charge in [0.2, 0.25) is 0 Å². The van der Waals surface area contributed by atoms with E-state index in [1.807, 2.05) is 20.8 Å². The molecule has 5 nitrogen and oxygen atoms in total.